The monoisotopic (exact) mass is 382 g/mol. The number of likely N-dealkylation sites (tertiary alicyclic amines) is 1. The van der Waals surface area contributed by atoms with Crippen LogP contribution in [-0.4, -0.2) is 44.6 Å². The van der Waals surface area contributed by atoms with Gasteiger partial charge in [0.25, 0.3) is 0 Å². The third-order valence-corrected chi connectivity index (χ3v) is 7.41. The van der Waals surface area contributed by atoms with Gasteiger partial charge >= 0.3 is 10.8 Å². The predicted octanol–water partition coefficient (Wildman–Crippen LogP) is 1.17. The van der Waals surface area contributed by atoms with Crippen molar-refractivity contribution in [3.8, 4) is 0 Å². The molecule has 7 nitrogen and oxygen atoms in total. The third-order valence-electron chi connectivity index (χ3n) is 4.06. The second-order valence-electron chi connectivity index (χ2n) is 5.42. The van der Waals surface area contributed by atoms with Crippen LogP contribution in [0.15, 0.2) is 27.3 Å². The van der Waals surface area contributed by atoms with E-state index in [1.807, 2.05) is 17.5 Å². The second-order valence-corrected chi connectivity index (χ2v) is 8.57. The first-order valence-corrected chi connectivity index (χ1v) is 9.55. The standard InChI is InChI=1S/C14H10N2O5S3/c17-6(18)4-16-12(19)8-7(5-2-1-3-22-5)9-11(15-14(21)24-9)23-10(8)13(16)20/h1-3,7-8,10H,4H2,(H,15,21)(H,17,18)/t7-,8-,10+/m1/s1. The van der Waals surface area contributed by atoms with Crippen molar-refractivity contribution in [2.75, 3.05) is 6.54 Å². The number of thiazole rings is 1. The molecule has 4 rings (SSSR count). The Kier molecular flexibility index (Phi) is 3.62. The van der Waals surface area contributed by atoms with Gasteiger partial charge < -0.3 is 10.1 Å². The quantitative estimate of drug-likeness (QED) is 0.772. The molecule has 2 aliphatic heterocycles. The summed E-state index contributed by atoms with van der Waals surface area (Å²) in [4.78, 5) is 53.0. The van der Waals surface area contributed by atoms with Gasteiger partial charge in [0.2, 0.25) is 11.8 Å². The molecule has 124 valence electrons. The molecule has 0 aliphatic carbocycles. The summed E-state index contributed by atoms with van der Waals surface area (Å²) >= 11 is 3.64. The minimum absolute atomic E-state index is 0.226. The SMILES string of the molecule is O=C(O)CN1C(=O)[C@@H]2[C@@H](c3cccs3)c3sc(=O)[nH]c3S[C@@H]2C1=O. The van der Waals surface area contributed by atoms with Gasteiger partial charge in [0.05, 0.1) is 10.9 Å². The van der Waals surface area contributed by atoms with E-state index in [0.29, 0.717) is 5.03 Å². The maximum atomic E-state index is 12.8. The average Bonchev–Trinajstić information content (AvgIpc) is 3.21. The van der Waals surface area contributed by atoms with Crippen molar-refractivity contribution in [3.63, 3.8) is 0 Å². The Morgan fingerprint density at radius 3 is 2.75 bits per heavy atom. The van der Waals surface area contributed by atoms with Crippen molar-refractivity contribution in [1.29, 1.82) is 0 Å². The number of carboxylic acid groups (broad SMARTS) is 1. The molecule has 2 aliphatic rings. The average molecular weight is 382 g/mol. The molecule has 10 heteroatoms. The highest BCUT2D eigenvalue weighted by molar-refractivity contribution is 8.00. The number of carbonyl (C=O) groups excluding carboxylic acids is 2. The number of thiophene rings is 1. The van der Waals surface area contributed by atoms with Crippen LogP contribution >= 0.6 is 34.4 Å². The van der Waals surface area contributed by atoms with Crippen molar-refractivity contribution >= 4 is 52.2 Å². The molecule has 0 spiro atoms. The number of carboxylic acids is 1. The minimum Gasteiger partial charge on any atom is -0.480 e. The van der Waals surface area contributed by atoms with Gasteiger partial charge in [-0.15, -0.1) is 11.3 Å². The van der Waals surface area contributed by atoms with E-state index in [2.05, 4.69) is 4.98 Å². The van der Waals surface area contributed by atoms with Crippen molar-refractivity contribution in [3.05, 3.63) is 36.9 Å². The van der Waals surface area contributed by atoms with Crippen LogP contribution < -0.4 is 4.87 Å². The normalized spacial score (nSPS) is 25.7. The Balaban J connectivity index is 1.84. The number of carbonyl (C=O) groups is 3. The lowest BCUT2D eigenvalue weighted by atomic mass is 9.87. The number of H-pyrrole nitrogens is 1. The maximum absolute atomic E-state index is 12.8. The summed E-state index contributed by atoms with van der Waals surface area (Å²) in [5.41, 5.74) is 0. The van der Waals surface area contributed by atoms with Crippen molar-refractivity contribution < 1.29 is 19.5 Å². The Labute approximate surface area is 147 Å². The summed E-state index contributed by atoms with van der Waals surface area (Å²) in [6.45, 7) is -0.632. The van der Waals surface area contributed by atoms with Gasteiger partial charge in [-0.2, -0.15) is 0 Å². The van der Waals surface area contributed by atoms with E-state index in [1.165, 1.54) is 11.3 Å². The molecule has 1 saturated heterocycles. The summed E-state index contributed by atoms with van der Waals surface area (Å²) in [6.07, 6.45) is 0. The van der Waals surface area contributed by atoms with Crippen LogP contribution in [0.4, 0.5) is 0 Å². The van der Waals surface area contributed by atoms with Crippen LogP contribution in [0, 0.1) is 5.92 Å². The molecule has 2 amide bonds. The van der Waals surface area contributed by atoms with E-state index in [-0.39, 0.29) is 4.87 Å². The number of rotatable bonds is 3. The fourth-order valence-electron chi connectivity index (χ4n) is 3.14. The largest absolute Gasteiger partial charge is 0.480 e. The molecule has 0 bridgehead atoms. The van der Waals surface area contributed by atoms with Gasteiger partial charge in [0.15, 0.2) is 0 Å². The topological polar surface area (TPSA) is 108 Å². The third kappa shape index (κ3) is 2.25. The number of aliphatic carboxylic acids is 1. The number of fused-ring (bicyclic) bond motifs is 2. The van der Waals surface area contributed by atoms with Crippen LogP contribution in [0.3, 0.4) is 0 Å². The molecule has 2 aromatic rings. The van der Waals surface area contributed by atoms with Gasteiger partial charge in [-0.1, -0.05) is 29.2 Å². The van der Waals surface area contributed by atoms with Crippen molar-refractivity contribution in [1.82, 2.24) is 9.88 Å². The fourth-order valence-corrected chi connectivity index (χ4v) is 6.63. The van der Waals surface area contributed by atoms with Gasteiger partial charge in [-0.25, -0.2) is 0 Å². The van der Waals surface area contributed by atoms with Crippen molar-refractivity contribution in [2.24, 2.45) is 5.92 Å². The molecular weight excluding hydrogens is 372 g/mol. The number of nitrogens with zero attached hydrogens (tertiary/aromatic N) is 1. The lowest BCUT2D eigenvalue weighted by Gasteiger charge is -2.28. The van der Waals surface area contributed by atoms with Crippen LogP contribution in [0.1, 0.15) is 15.7 Å². The molecule has 1 fully saturated rings. The number of aromatic nitrogens is 1. The van der Waals surface area contributed by atoms with Gasteiger partial charge in [-0.05, 0) is 11.4 Å². The Bertz CT molecular complexity index is 900. The maximum Gasteiger partial charge on any atom is 0.323 e. The van der Waals surface area contributed by atoms with Crippen LogP contribution in [-0.2, 0) is 14.4 Å². The first-order valence-electron chi connectivity index (χ1n) is 6.97. The first kappa shape index (κ1) is 15.6. The van der Waals surface area contributed by atoms with Crippen LogP contribution in [0.5, 0.6) is 0 Å². The molecule has 0 aromatic carbocycles. The molecular formula is C14H10N2O5S3. The number of nitrogens with one attached hydrogen (secondary N) is 1. The van der Waals surface area contributed by atoms with Gasteiger partial charge in [0, 0.05) is 15.7 Å². The van der Waals surface area contributed by atoms with Crippen LogP contribution in [0.25, 0.3) is 0 Å². The summed E-state index contributed by atoms with van der Waals surface area (Å²) in [5, 5.41) is 10.7. The number of aromatic amines is 1. The van der Waals surface area contributed by atoms with Crippen LogP contribution in [0.2, 0.25) is 0 Å². The van der Waals surface area contributed by atoms with E-state index in [4.69, 9.17) is 5.11 Å². The molecule has 0 saturated carbocycles. The lowest BCUT2D eigenvalue weighted by molar-refractivity contribution is -0.149. The zero-order chi connectivity index (χ0) is 17.0. The minimum atomic E-state index is -1.23. The first-order chi connectivity index (χ1) is 11.5. The second kappa shape index (κ2) is 5.57. The lowest BCUT2D eigenvalue weighted by Crippen LogP contribution is -2.36. The predicted molar refractivity (Wildman–Crippen MR) is 88.6 cm³/mol. The molecule has 0 radical (unpaired) electrons. The summed E-state index contributed by atoms with van der Waals surface area (Å²) in [7, 11) is 0. The molecule has 24 heavy (non-hydrogen) atoms. The van der Waals surface area contributed by atoms with E-state index in [1.54, 1.807) is 0 Å². The Hall–Kier alpha value is -1.91. The van der Waals surface area contributed by atoms with E-state index < -0.39 is 41.4 Å². The Morgan fingerprint density at radius 1 is 1.29 bits per heavy atom. The fraction of sp³-hybridized carbons (Fsp3) is 0.286. The van der Waals surface area contributed by atoms with E-state index in [0.717, 1.165) is 37.8 Å². The highest BCUT2D eigenvalue weighted by Crippen LogP contribution is 2.53. The van der Waals surface area contributed by atoms with Crippen molar-refractivity contribution in [2.45, 2.75) is 16.2 Å². The van der Waals surface area contributed by atoms with Gasteiger partial charge in [0.1, 0.15) is 11.8 Å². The van der Waals surface area contributed by atoms with E-state index in [9.17, 15) is 19.2 Å². The Morgan fingerprint density at radius 2 is 2.08 bits per heavy atom. The summed E-state index contributed by atoms with van der Waals surface area (Å²) in [5.74, 6) is -3.29. The zero-order valence-electron chi connectivity index (χ0n) is 11.9. The molecule has 2 N–H and O–H groups in total. The number of imide groups is 1. The highest BCUT2D eigenvalue weighted by Gasteiger charge is 2.56. The number of thioether (sulfide) groups is 1. The number of hydrogen-bond acceptors (Lipinski definition) is 7. The number of hydrogen-bond donors (Lipinski definition) is 2. The smallest absolute Gasteiger partial charge is 0.323 e. The summed E-state index contributed by atoms with van der Waals surface area (Å²) < 4.78 is 0. The molecule has 2 aromatic heterocycles. The van der Waals surface area contributed by atoms with Gasteiger partial charge in [-0.3, -0.25) is 24.1 Å². The molecule has 0 unspecified atom stereocenters. The summed E-state index contributed by atoms with van der Waals surface area (Å²) in [6, 6.07) is 3.72. The molecule has 4 heterocycles. The number of amides is 2. The zero-order valence-corrected chi connectivity index (χ0v) is 14.4. The van der Waals surface area contributed by atoms with E-state index >= 15 is 0 Å². The molecule has 3 atom stereocenters. The highest BCUT2D eigenvalue weighted by atomic mass is 32.2.